The van der Waals surface area contributed by atoms with Crippen molar-refractivity contribution in [2.75, 3.05) is 49.0 Å². The highest BCUT2D eigenvalue weighted by Crippen LogP contribution is 2.33. The van der Waals surface area contributed by atoms with Crippen LogP contribution in [0.25, 0.3) is 10.9 Å². The molecule has 3 heterocycles. The number of carbonyl (C=O) groups is 4. The predicted molar refractivity (Wildman–Crippen MR) is 241 cm³/mol. The van der Waals surface area contributed by atoms with Crippen molar-refractivity contribution in [2.45, 2.75) is 71.9 Å². The molecule has 0 saturated carbocycles. The van der Waals surface area contributed by atoms with Crippen LogP contribution in [0.1, 0.15) is 100 Å². The molecule has 7 N–H and O–H groups in total. The Morgan fingerprint density at radius 1 is 0.683 bits per heavy atom. The number of carboxylic acid groups (broad SMARTS) is 4. The number of phenols is 2. The normalized spacial score (nSPS) is 12.8. The molecule has 5 aromatic rings. The molecular weight excluding hydrogens is 813 g/mol. The summed E-state index contributed by atoms with van der Waals surface area (Å²) in [6.45, 7) is 11.1. The van der Waals surface area contributed by atoms with Gasteiger partial charge in [-0.15, -0.1) is 0 Å². The van der Waals surface area contributed by atoms with Gasteiger partial charge in [0, 0.05) is 72.5 Å². The van der Waals surface area contributed by atoms with E-state index in [2.05, 4.69) is 47.8 Å². The topological polar surface area (TPSA) is 240 Å². The zero-order valence-corrected chi connectivity index (χ0v) is 36.3. The van der Waals surface area contributed by atoms with Crippen LogP contribution in [0.4, 0.5) is 17.1 Å². The summed E-state index contributed by atoms with van der Waals surface area (Å²) in [5.74, 6) is -3.71. The predicted octanol–water partition coefficient (Wildman–Crippen LogP) is 8.49. The highest BCUT2D eigenvalue weighted by molar-refractivity contribution is 6.05. The third-order valence-electron chi connectivity index (χ3n) is 10.4. The van der Waals surface area contributed by atoms with Gasteiger partial charge in [-0.2, -0.15) is 0 Å². The Morgan fingerprint density at radius 3 is 1.79 bits per heavy atom. The summed E-state index contributed by atoms with van der Waals surface area (Å²) in [5, 5.41) is 58.9. The molecule has 2 aliphatic heterocycles. The van der Waals surface area contributed by atoms with Crippen molar-refractivity contribution in [2.24, 2.45) is 0 Å². The Balaban J connectivity index is 0.000000185. The molecule has 1 fully saturated rings. The van der Waals surface area contributed by atoms with E-state index >= 15 is 0 Å². The van der Waals surface area contributed by atoms with Crippen molar-refractivity contribution in [1.82, 2.24) is 4.98 Å². The standard InChI is InChI=1S/C13H19NO3.C12H15NO3.C11H13NO3.C11H9NO3/c1-8(2)14(9(3)4)10-5-6-11(13(16)17)12(15)7-10;14-11-8-9(4-5-10(11)12(15)16)13-6-2-1-3-7-13;2*1-15-9-5-4-8-7(3-2-6-12-8)10(9)11(13)14/h5-9,15H,1-4H3,(H,16,17);4-5,8,14H,1-3,6-7H2,(H,15,16);4-5,12H,2-3,6H2,1H3,(H,13,14);2-6H,1H3,(H,13,14). The van der Waals surface area contributed by atoms with E-state index in [-0.39, 0.29) is 40.3 Å². The summed E-state index contributed by atoms with van der Waals surface area (Å²) < 4.78 is 10.1. The van der Waals surface area contributed by atoms with Crippen molar-refractivity contribution < 1.29 is 59.3 Å². The van der Waals surface area contributed by atoms with Crippen molar-refractivity contribution in [3.63, 3.8) is 0 Å². The Morgan fingerprint density at radius 2 is 1.25 bits per heavy atom. The number of nitrogens with one attached hydrogen (secondary N) is 1. The van der Waals surface area contributed by atoms with Crippen molar-refractivity contribution in [1.29, 1.82) is 0 Å². The van der Waals surface area contributed by atoms with Gasteiger partial charge in [0.05, 0.1) is 19.7 Å². The lowest BCUT2D eigenvalue weighted by Crippen LogP contribution is -2.36. The third kappa shape index (κ3) is 12.4. The minimum Gasteiger partial charge on any atom is -0.507 e. The van der Waals surface area contributed by atoms with E-state index in [1.54, 1.807) is 48.7 Å². The quantitative estimate of drug-likeness (QED) is 0.0696. The molecule has 0 amide bonds. The summed E-state index contributed by atoms with van der Waals surface area (Å²) in [4.78, 5) is 52.1. The van der Waals surface area contributed by atoms with Crippen molar-refractivity contribution in [3.05, 3.63) is 107 Å². The second-order valence-corrected chi connectivity index (χ2v) is 15.2. The lowest BCUT2D eigenvalue weighted by atomic mass is 9.97. The first-order chi connectivity index (χ1) is 30.0. The number of fused-ring (bicyclic) bond motifs is 2. The molecule has 0 atom stereocenters. The summed E-state index contributed by atoms with van der Waals surface area (Å²) in [6, 6.07) is 20.3. The van der Waals surface area contributed by atoms with Gasteiger partial charge in [0.2, 0.25) is 0 Å². The Hall–Kier alpha value is -7.23. The van der Waals surface area contributed by atoms with Gasteiger partial charge in [0.1, 0.15) is 45.3 Å². The largest absolute Gasteiger partial charge is 0.507 e. The van der Waals surface area contributed by atoms with Gasteiger partial charge in [-0.3, -0.25) is 4.98 Å². The summed E-state index contributed by atoms with van der Waals surface area (Å²) in [5.41, 5.74) is 4.50. The lowest BCUT2D eigenvalue weighted by Gasteiger charge is -2.33. The zero-order valence-electron chi connectivity index (χ0n) is 36.3. The molecule has 16 heteroatoms. The third-order valence-corrected chi connectivity index (χ3v) is 10.4. The van der Waals surface area contributed by atoms with Gasteiger partial charge in [-0.25, -0.2) is 19.2 Å². The lowest BCUT2D eigenvalue weighted by molar-refractivity contribution is 0.0681. The minimum absolute atomic E-state index is 0.0410. The summed E-state index contributed by atoms with van der Waals surface area (Å²) in [7, 11) is 2.94. The molecule has 7 rings (SSSR count). The Bertz CT molecular complexity index is 2390. The number of methoxy groups -OCH3 is 2. The fraction of sp³-hybridized carbons (Fsp3) is 0.340. The van der Waals surface area contributed by atoms with Crippen LogP contribution in [0, 0.1) is 0 Å². The van der Waals surface area contributed by atoms with Crippen LogP contribution in [-0.2, 0) is 6.42 Å². The molecule has 0 aliphatic carbocycles. The van der Waals surface area contributed by atoms with Crippen molar-refractivity contribution in [3.8, 4) is 23.0 Å². The average molecular weight is 869 g/mol. The van der Waals surface area contributed by atoms with E-state index in [0.29, 0.717) is 28.0 Å². The number of benzene rings is 4. The number of hydrogen-bond donors (Lipinski definition) is 7. The number of rotatable bonds is 10. The van der Waals surface area contributed by atoms with Crippen LogP contribution in [-0.4, -0.2) is 105 Å². The van der Waals surface area contributed by atoms with Crippen LogP contribution >= 0.6 is 0 Å². The van der Waals surface area contributed by atoms with Gasteiger partial charge in [-0.1, -0.05) is 6.07 Å². The molecule has 336 valence electrons. The number of nitrogens with zero attached hydrogens (tertiary/aromatic N) is 3. The van der Waals surface area contributed by atoms with E-state index in [1.807, 2.05) is 6.07 Å². The fourth-order valence-corrected chi connectivity index (χ4v) is 7.57. The zero-order chi connectivity index (χ0) is 46.4. The Labute approximate surface area is 366 Å². The number of aromatic carboxylic acids is 4. The molecule has 0 bridgehead atoms. The van der Waals surface area contributed by atoms with E-state index in [1.165, 1.54) is 44.9 Å². The highest BCUT2D eigenvalue weighted by atomic mass is 16.5. The second-order valence-electron chi connectivity index (χ2n) is 15.2. The number of ether oxygens (including phenoxy) is 2. The Kier molecular flexibility index (Phi) is 17.3. The molecule has 0 spiro atoms. The van der Waals surface area contributed by atoms with Gasteiger partial charge >= 0.3 is 23.9 Å². The second kappa shape index (κ2) is 22.6. The number of carboxylic acids is 4. The first-order valence-corrected chi connectivity index (χ1v) is 20.5. The van der Waals surface area contributed by atoms with E-state index in [0.717, 1.165) is 67.9 Å². The molecular formula is C47H56N4O12. The van der Waals surface area contributed by atoms with Crippen LogP contribution in [0.2, 0.25) is 0 Å². The number of hydrogen-bond acceptors (Lipinski definition) is 12. The van der Waals surface area contributed by atoms with Crippen LogP contribution < -0.4 is 24.6 Å². The van der Waals surface area contributed by atoms with Gasteiger partial charge in [-0.05, 0) is 120 Å². The first-order valence-electron chi connectivity index (χ1n) is 20.5. The van der Waals surface area contributed by atoms with Crippen LogP contribution in [0.3, 0.4) is 0 Å². The monoisotopic (exact) mass is 868 g/mol. The van der Waals surface area contributed by atoms with Gasteiger partial charge in [0.25, 0.3) is 0 Å². The summed E-state index contributed by atoms with van der Waals surface area (Å²) >= 11 is 0. The van der Waals surface area contributed by atoms with Crippen molar-refractivity contribution >= 4 is 51.8 Å². The fourth-order valence-electron chi connectivity index (χ4n) is 7.57. The molecule has 1 saturated heterocycles. The number of aromatic nitrogens is 1. The minimum atomic E-state index is -1.12. The first kappa shape index (κ1) is 48.4. The number of piperidine rings is 1. The van der Waals surface area contributed by atoms with Crippen LogP contribution in [0.15, 0.2) is 79.0 Å². The molecule has 0 unspecified atom stereocenters. The maximum atomic E-state index is 11.1. The van der Waals surface area contributed by atoms with E-state index in [9.17, 15) is 29.4 Å². The number of aromatic hydroxyl groups is 2. The number of anilines is 3. The van der Waals surface area contributed by atoms with E-state index in [4.69, 9.17) is 29.9 Å². The number of pyridine rings is 1. The summed E-state index contributed by atoms with van der Waals surface area (Å²) in [6.07, 6.45) is 6.93. The smallest absolute Gasteiger partial charge is 0.340 e. The molecule has 63 heavy (non-hydrogen) atoms. The molecule has 4 aromatic carbocycles. The van der Waals surface area contributed by atoms with Crippen LogP contribution in [0.5, 0.6) is 23.0 Å². The average Bonchev–Trinajstić information content (AvgIpc) is 3.25. The van der Waals surface area contributed by atoms with Gasteiger partial charge in [0.15, 0.2) is 0 Å². The molecule has 16 nitrogen and oxygen atoms in total. The maximum Gasteiger partial charge on any atom is 0.340 e. The SMILES string of the molecule is CC(C)N(c1ccc(C(=O)O)c(O)c1)C(C)C.COc1ccc2c(c1C(=O)O)CCCN2.COc1ccc2ncccc2c1C(=O)O.O=C(O)c1ccc(N2CCCCC2)cc1O. The molecule has 2 aliphatic rings. The van der Waals surface area contributed by atoms with Gasteiger partial charge < -0.3 is 55.2 Å². The molecule has 0 radical (unpaired) electrons. The van der Waals surface area contributed by atoms with E-state index < -0.39 is 23.9 Å². The maximum absolute atomic E-state index is 11.1. The highest BCUT2D eigenvalue weighted by Gasteiger charge is 2.22. The molecule has 1 aromatic heterocycles.